The van der Waals surface area contributed by atoms with Gasteiger partial charge in [0.2, 0.25) is 0 Å². The van der Waals surface area contributed by atoms with Gasteiger partial charge in [0.05, 0.1) is 12.6 Å². The summed E-state index contributed by atoms with van der Waals surface area (Å²) in [4.78, 5) is 11.8. The van der Waals surface area contributed by atoms with Crippen molar-refractivity contribution in [3.05, 3.63) is 22.9 Å². The van der Waals surface area contributed by atoms with Crippen molar-refractivity contribution in [1.29, 1.82) is 0 Å². The first-order valence-corrected chi connectivity index (χ1v) is 5.02. The monoisotopic (exact) mass is 196 g/mol. The van der Waals surface area contributed by atoms with Gasteiger partial charge in [0.1, 0.15) is 0 Å². The van der Waals surface area contributed by atoms with E-state index in [0.29, 0.717) is 12.6 Å². The highest BCUT2D eigenvalue weighted by molar-refractivity contribution is 4.91. The Kier molecular flexibility index (Phi) is 2.46. The summed E-state index contributed by atoms with van der Waals surface area (Å²) in [5.41, 5.74) is 0.0939. The van der Waals surface area contributed by atoms with E-state index in [1.54, 1.807) is 11.7 Å². The number of rotatable bonds is 4. The molecule has 1 fully saturated rings. The lowest BCUT2D eigenvalue weighted by molar-refractivity contribution is 0.102. The van der Waals surface area contributed by atoms with Crippen LogP contribution in [0.25, 0.3) is 0 Å². The first-order valence-electron chi connectivity index (χ1n) is 5.02. The highest BCUT2D eigenvalue weighted by Crippen LogP contribution is 2.33. The van der Waals surface area contributed by atoms with Gasteiger partial charge in [-0.25, -0.2) is 4.79 Å². The summed E-state index contributed by atoms with van der Waals surface area (Å²) in [6.45, 7) is 2.59. The van der Waals surface area contributed by atoms with Crippen molar-refractivity contribution in [3.63, 3.8) is 0 Å². The molecule has 1 aromatic heterocycles. The van der Waals surface area contributed by atoms with E-state index >= 15 is 0 Å². The molecule has 1 heterocycles. The maximum atomic E-state index is 11.8. The number of methoxy groups -OCH3 is 1. The van der Waals surface area contributed by atoms with E-state index in [9.17, 15) is 4.79 Å². The van der Waals surface area contributed by atoms with Crippen LogP contribution in [-0.4, -0.2) is 22.3 Å². The molecule has 0 aromatic carbocycles. The maximum absolute atomic E-state index is 11.8. The Hall–Kier alpha value is -1.03. The number of hydrogen-bond donors (Lipinski definition) is 0. The zero-order chi connectivity index (χ0) is 10.1. The molecule has 1 unspecified atom stereocenters. The minimum absolute atomic E-state index is 0.0859. The van der Waals surface area contributed by atoms with E-state index in [-0.39, 0.29) is 11.8 Å². The van der Waals surface area contributed by atoms with Crippen molar-refractivity contribution >= 4 is 0 Å². The highest BCUT2D eigenvalue weighted by atomic mass is 16.5. The summed E-state index contributed by atoms with van der Waals surface area (Å²) in [5.74, 6) is 0. The predicted molar refractivity (Wildman–Crippen MR) is 53.4 cm³/mol. The van der Waals surface area contributed by atoms with Crippen LogP contribution in [0.3, 0.4) is 0 Å². The average molecular weight is 196 g/mol. The second kappa shape index (κ2) is 3.61. The average Bonchev–Trinajstić information content (AvgIpc) is 2.95. The molecule has 2 rings (SSSR count). The molecule has 1 atom stereocenters. The van der Waals surface area contributed by atoms with E-state index < -0.39 is 0 Å². The SMILES string of the molecule is COC(C)Cn1ccn(C2CC2)c1=O. The zero-order valence-electron chi connectivity index (χ0n) is 8.64. The summed E-state index contributed by atoms with van der Waals surface area (Å²) in [6, 6.07) is 0.460. The Morgan fingerprint density at radius 3 is 2.86 bits per heavy atom. The zero-order valence-corrected chi connectivity index (χ0v) is 8.64. The summed E-state index contributed by atoms with van der Waals surface area (Å²) < 4.78 is 8.66. The van der Waals surface area contributed by atoms with Crippen molar-refractivity contribution < 1.29 is 4.74 Å². The number of nitrogens with zero attached hydrogens (tertiary/aromatic N) is 2. The Morgan fingerprint density at radius 1 is 1.57 bits per heavy atom. The fraction of sp³-hybridized carbons (Fsp3) is 0.700. The van der Waals surface area contributed by atoms with Gasteiger partial charge in [-0.1, -0.05) is 0 Å². The van der Waals surface area contributed by atoms with Crippen molar-refractivity contribution in [1.82, 2.24) is 9.13 Å². The van der Waals surface area contributed by atoms with Gasteiger partial charge in [0.15, 0.2) is 0 Å². The second-order valence-electron chi connectivity index (χ2n) is 3.92. The molecule has 0 radical (unpaired) electrons. The molecule has 4 heteroatoms. The molecule has 1 aliphatic carbocycles. The van der Waals surface area contributed by atoms with Gasteiger partial charge in [0.25, 0.3) is 0 Å². The molecule has 14 heavy (non-hydrogen) atoms. The van der Waals surface area contributed by atoms with Crippen LogP contribution in [0.1, 0.15) is 25.8 Å². The standard InChI is InChI=1S/C10H16N2O2/c1-8(14-2)7-11-5-6-12(10(11)13)9-3-4-9/h5-6,8-9H,3-4,7H2,1-2H3. The van der Waals surface area contributed by atoms with Gasteiger partial charge < -0.3 is 4.74 Å². The Bertz CT molecular complexity index is 362. The van der Waals surface area contributed by atoms with Crippen molar-refractivity contribution in [2.24, 2.45) is 0 Å². The first kappa shape index (κ1) is 9.52. The minimum Gasteiger partial charge on any atom is -0.380 e. The second-order valence-corrected chi connectivity index (χ2v) is 3.92. The van der Waals surface area contributed by atoms with Crippen LogP contribution >= 0.6 is 0 Å². The molecule has 1 saturated carbocycles. The van der Waals surface area contributed by atoms with E-state index in [1.165, 1.54) is 0 Å². The molecule has 0 bridgehead atoms. The molecule has 0 saturated heterocycles. The van der Waals surface area contributed by atoms with Crippen LogP contribution in [0.4, 0.5) is 0 Å². The van der Waals surface area contributed by atoms with Crippen LogP contribution in [0.15, 0.2) is 17.2 Å². The highest BCUT2D eigenvalue weighted by Gasteiger charge is 2.25. The molecule has 0 N–H and O–H groups in total. The van der Waals surface area contributed by atoms with Gasteiger partial charge in [-0.3, -0.25) is 9.13 Å². The maximum Gasteiger partial charge on any atom is 0.328 e. The van der Waals surface area contributed by atoms with E-state index in [0.717, 1.165) is 12.8 Å². The first-order chi connectivity index (χ1) is 6.72. The van der Waals surface area contributed by atoms with Gasteiger partial charge in [-0.2, -0.15) is 0 Å². The lowest BCUT2D eigenvalue weighted by Gasteiger charge is -2.08. The molecule has 0 amide bonds. The van der Waals surface area contributed by atoms with Gasteiger partial charge in [-0.15, -0.1) is 0 Å². The van der Waals surface area contributed by atoms with Crippen LogP contribution in [-0.2, 0) is 11.3 Å². The normalized spacial score (nSPS) is 18.4. The quantitative estimate of drug-likeness (QED) is 0.720. The van der Waals surface area contributed by atoms with E-state index in [1.807, 2.05) is 23.9 Å². The third kappa shape index (κ3) is 1.75. The number of hydrogen-bond acceptors (Lipinski definition) is 2. The number of aromatic nitrogens is 2. The molecule has 78 valence electrons. The largest absolute Gasteiger partial charge is 0.380 e. The molecule has 1 aromatic rings. The summed E-state index contributed by atoms with van der Waals surface area (Å²) in [6.07, 6.45) is 6.09. The van der Waals surface area contributed by atoms with Crippen molar-refractivity contribution in [2.45, 2.75) is 38.5 Å². The molecule has 0 aliphatic heterocycles. The van der Waals surface area contributed by atoms with Crippen LogP contribution < -0.4 is 5.69 Å². The van der Waals surface area contributed by atoms with E-state index in [4.69, 9.17) is 4.74 Å². The molecule has 4 nitrogen and oxygen atoms in total. The van der Waals surface area contributed by atoms with E-state index in [2.05, 4.69) is 0 Å². The summed E-state index contributed by atoms with van der Waals surface area (Å²) >= 11 is 0. The Morgan fingerprint density at radius 2 is 2.29 bits per heavy atom. The molecule has 0 spiro atoms. The summed E-state index contributed by atoms with van der Waals surface area (Å²) in [7, 11) is 1.66. The fourth-order valence-electron chi connectivity index (χ4n) is 1.55. The van der Waals surface area contributed by atoms with Crippen LogP contribution in [0, 0.1) is 0 Å². The molecular formula is C10H16N2O2. The van der Waals surface area contributed by atoms with Crippen LogP contribution in [0.2, 0.25) is 0 Å². The molecule has 1 aliphatic rings. The Balaban J connectivity index is 2.14. The molecular weight excluding hydrogens is 180 g/mol. The Labute approximate surface area is 83.1 Å². The van der Waals surface area contributed by atoms with Crippen molar-refractivity contribution in [3.8, 4) is 0 Å². The smallest absolute Gasteiger partial charge is 0.328 e. The van der Waals surface area contributed by atoms with Gasteiger partial charge >= 0.3 is 5.69 Å². The minimum atomic E-state index is 0.0859. The topological polar surface area (TPSA) is 36.2 Å². The van der Waals surface area contributed by atoms with Gasteiger partial charge in [-0.05, 0) is 19.8 Å². The van der Waals surface area contributed by atoms with Gasteiger partial charge in [0, 0.05) is 25.5 Å². The summed E-state index contributed by atoms with van der Waals surface area (Å²) in [5, 5.41) is 0. The number of ether oxygens (including phenoxy) is 1. The van der Waals surface area contributed by atoms with Crippen molar-refractivity contribution in [2.75, 3.05) is 7.11 Å². The third-order valence-corrected chi connectivity index (χ3v) is 2.67. The lowest BCUT2D eigenvalue weighted by atomic mass is 10.4. The third-order valence-electron chi connectivity index (χ3n) is 2.67. The number of imidazole rings is 1. The van der Waals surface area contributed by atoms with Crippen LogP contribution in [0.5, 0.6) is 0 Å². The fourth-order valence-corrected chi connectivity index (χ4v) is 1.55. The lowest BCUT2D eigenvalue weighted by Crippen LogP contribution is -2.27. The predicted octanol–water partition coefficient (Wildman–Crippen LogP) is 1.02.